The predicted octanol–water partition coefficient (Wildman–Crippen LogP) is 0.709. The molecule has 2 unspecified atom stereocenters. The molecule has 0 bridgehead atoms. The Labute approximate surface area is 57.6 Å². The summed E-state index contributed by atoms with van der Waals surface area (Å²) in [6, 6.07) is 0.208. The molecule has 0 aromatic heterocycles. The number of rotatable bonds is 4. The van der Waals surface area contributed by atoms with Gasteiger partial charge in [0.05, 0.1) is 0 Å². The molecular weight excluding hydrogens is 112 g/mol. The van der Waals surface area contributed by atoms with Crippen molar-refractivity contribution in [1.82, 2.24) is 0 Å². The average molecular weight is 130 g/mol. The van der Waals surface area contributed by atoms with Crippen LogP contribution in [0.15, 0.2) is 0 Å². The maximum Gasteiger partial charge on any atom is 0.0165 e. The molecule has 0 aromatic carbocycles. The first-order valence-electron chi connectivity index (χ1n) is 3.66. The molecule has 2 nitrogen and oxygen atoms in total. The van der Waals surface area contributed by atoms with E-state index in [4.69, 9.17) is 11.5 Å². The summed E-state index contributed by atoms with van der Waals surface area (Å²) in [6.07, 6.45) is 2.26. The van der Waals surface area contributed by atoms with Gasteiger partial charge in [0.1, 0.15) is 0 Å². The molecule has 9 heavy (non-hydrogen) atoms. The van der Waals surface area contributed by atoms with Crippen molar-refractivity contribution < 1.29 is 0 Å². The van der Waals surface area contributed by atoms with Gasteiger partial charge < -0.3 is 11.5 Å². The molecule has 0 aromatic rings. The van der Waals surface area contributed by atoms with Crippen molar-refractivity contribution in [2.24, 2.45) is 17.4 Å². The van der Waals surface area contributed by atoms with Crippen LogP contribution < -0.4 is 11.5 Å². The summed E-state index contributed by atoms with van der Waals surface area (Å²) < 4.78 is 0. The third kappa shape index (κ3) is 4.43. The first-order chi connectivity index (χ1) is 4.20. The average Bonchev–Trinajstić information content (AvgIpc) is 1.87. The molecule has 0 rings (SSSR count). The lowest BCUT2D eigenvalue weighted by Gasteiger charge is -2.12. The van der Waals surface area contributed by atoms with Gasteiger partial charge in [-0.25, -0.2) is 0 Å². The van der Waals surface area contributed by atoms with Gasteiger partial charge in [-0.05, 0) is 12.3 Å². The summed E-state index contributed by atoms with van der Waals surface area (Å²) in [5.74, 6) is 0.726. The zero-order valence-corrected chi connectivity index (χ0v) is 6.43. The maximum absolute atomic E-state index is 5.62. The van der Waals surface area contributed by atoms with E-state index in [2.05, 4.69) is 13.8 Å². The Hall–Kier alpha value is -0.0800. The van der Waals surface area contributed by atoms with Crippen molar-refractivity contribution in [3.63, 3.8) is 0 Å². The fourth-order valence-electron chi connectivity index (χ4n) is 0.780. The number of hydrogen-bond acceptors (Lipinski definition) is 2. The standard InChI is InChI=1S/C7H18N2/c1-3-6(2)4-7(9)5-8/h6-7H,3-5,8-9H2,1-2H3. The highest BCUT2D eigenvalue weighted by Crippen LogP contribution is 2.06. The SMILES string of the molecule is CCC(C)CC(N)CN. The minimum Gasteiger partial charge on any atom is -0.329 e. The van der Waals surface area contributed by atoms with E-state index in [0.717, 1.165) is 12.3 Å². The number of nitrogens with two attached hydrogens (primary N) is 2. The molecule has 0 radical (unpaired) electrons. The van der Waals surface area contributed by atoms with Gasteiger partial charge in [0.15, 0.2) is 0 Å². The van der Waals surface area contributed by atoms with Crippen molar-refractivity contribution in [2.45, 2.75) is 32.7 Å². The Morgan fingerprint density at radius 1 is 1.44 bits per heavy atom. The lowest BCUT2D eigenvalue weighted by atomic mass is 10.0. The van der Waals surface area contributed by atoms with Crippen molar-refractivity contribution in [3.8, 4) is 0 Å². The summed E-state index contributed by atoms with van der Waals surface area (Å²) in [7, 11) is 0. The van der Waals surface area contributed by atoms with Gasteiger partial charge in [-0.15, -0.1) is 0 Å². The van der Waals surface area contributed by atoms with Gasteiger partial charge in [-0.2, -0.15) is 0 Å². The monoisotopic (exact) mass is 130 g/mol. The fraction of sp³-hybridized carbons (Fsp3) is 1.00. The van der Waals surface area contributed by atoms with Gasteiger partial charge in [0.25, 0.3) is 0 Å². The second-order valence-corrected chi connectivity index (χ2v) is 2.74. The molecule has 0 heterocycles. The van der Waals surface area contributed by atoms with Gasteiger partial charge >= 0.3 is 0 Å². The van der Waals surface area contributed by atoms with E-state index in [1.165, 1.54) is 6.42 Å². The molecule has 2 atom stereocenters. The zero-order chi connectivity index (χ0) is 7.28. The maximum atomic E-state index is 5.62. The fourth-order valence-corrected chi connectivity index (χ4v) is 0.780. The molecular formula is C7H18N2. The van der Waals surface area contributed by atoms with Crippen LogP contribution in [0, 0.1) is 5.92 Å². The third-order valence-corrected chi connectivity index (χ3v) is 1.70. The van der Waals surface area contributed by atoms with Crippen LogP contribution in [0.3, 0.4) is 0 Å². The second kappa shape index (κ2) is 4.77. The number of hydrogen-bond donors (Lipinski definition) is 2. The summed E-state index contributed by atoms with van der Waals surface area (Å²) >= 11 is 0. The Bertz CT molecular complexity index is 55.9. The van der Waals surface area contributed by atoms with Crippen molar-refractivity contribution in [2.75, 3.05) is 6.54 Å². The molecule has 0 saturated heterocycles. The van der Waals surface area contributed by atoms with Crippen LogP contribution in [0.2, 0.25) is 0 Å². The van der Waals surface area contributed by atoms with Crippen molar-refractivity contribution in [3.05, 3.63) is 0 Å². The molecule has 0 fully saturated rings. The Morgan fingerprint density at radius 3 is 2.33 bits per heavy atom. The van der Waals surface area contributed by atoms with Crippen LogP contribution in [-0.2, 0) is 0 Å². The van der Waals surface area contributed by atoms with E-state index in [-0.39, 0.29) is 6.04 Å². The van der Waals surface area contributed by atoms with Crippen LogP contribution in [0.4, 0.5) is 0 Å². The van der Waals surface area contributed by atoms with Gasteiger partial charge in [0.2, 0.25) is 0 Å². The molecule has 0 aliphatic heterocycles. The first kappa shape index (κ1) is 8.92. The molecule has 0 aliphatic rings. The van der Waals surface area contributed by atoms with Crippen molar-refractivity contribution in [1.29, 1.82) is 0 Å². The van der Waals surface area contributed by atoms with Crippen LogP contribution in [-0.4, -0.2) is 12.6 Å². The van der Waals surface area contributed by atoms with E-state index in [0.29, 0.717) is 6.54 Å². The topological polar surface area (TPSA) is 52.0 Å². The van der Waals surface area contributed by atoms with E-state index >= 15 is 0 Å². The van der Waals surface area contributed by atoms with Gasteiger partial charge in [0, 0.05) is 12.6 Å². The summed E-state index contributed by atoms with van der Waals surface area (Å²) in [4.78, 5) is 0. The van der Waals surface area contributed by atoms with Crippen LogP contribution >= 0.6 is 0 Å². The van der Waals surface area contributed by atoms with Gasteiger partial charge in [-0.3, -0.25) is 0 Å². The third-order valence-electron chi connectivity index (χ3n) is 1.70. The zero-order valence-electron chi connectivity index (χ0n) is 6.43. The summed E-state index contributed by atoms with van der Waals surface area (Å²) in [5.41, 5.74) is 11.0. The van der Waals surface area contributed by atoms with E-state index in [1.807, 2.05) is 0 Å². The summed E-state index contributed by atoms with van der Waals surface area (Å²) in [6.45, 7) is 4.99. The minimum atomic E-state index is 0.208. The summed E-state index contributed by atoms with van der Waals surface area (Å²) in [5, 5.41) is 0. The van der Waals surface area contributed by atoms with Gasteiger partial charge in [-0.1, -0.05) is 20.3 Å². The molecule has 0 amide bonds. The lowest BCUT2D eigenvalue weighted by molar-refractivity contribution is 0.456. The highest BCUT2D eigenvalue weighted by Gasteiger charge is 2.03. The smallest absolute Gasteiger partial charge is 0.0165 e. The second-order valence-electron chi connectivity index (χ2n) is 2.74. The van der Waals surface area contributed by atoms with Crippen LogP contribution in [0.25, 0.3) is 0 Å². The predicted molar refractivity (Wildman–Crippen MR) is 41.1 cm³/mol. The Morgan fingerprint density at radius 2 is 2.00 bits per heavy atom. The minimum absolute atomic E-state index is 0.208. The highest BCUT2D eigenvalue weighted by molar-refractivity contribution is 4.64. The quantitative estimate of drug-likeness (QED) is 0.589. The molecule has 56 valence electrons. The van der Waals surface area contributed by atoms with Crippen LogP contribution in [0.1, 0.15) is 26.7 Å². The Kier molecular flexibility index (Phi) is 4.72. The molecule has 2 heteroatoms. The Balaban J connectivity index is 3.22. The normalized spacial score (nSPS) is 17.3. The highest BCUT2D eigenvalue weighted by atomic mass is 14.7. The first-order valence-corrected chi connectivity index (χ1v) is 3.66. The van der Waals surface area contributed by atoms with E-state index in [1.54, 1.807) is 0 Å². The van der Waals surface area contributed by atoms with E-state index in [9.17, 15) is 0 Å². The van der Waals surface area contributed by atoms with Crippen LogP contribution in [0.5, 0.6) is 0 Å². The molecule has 0 saturated carbocycles. The molecule has 0 aliphatic carbocycles. The lowest BCUT2D eigenvalue weighted by Crippen LogP contribution is -2.31. The molecule has 4 N–H and O–H groups in total. The van der Waals surface area contributed by atoms with Crippen molar-refractivity contribution >= 4 is 0 Å². The van der Waals surface area contributed by atoms with E-state index < -0.39 is 0 Å². The molecule has 0 spiro atoms. The largest absolute Gasteiger partial charge is 0.329 e.